The van der Waals surface area contributed by atoms with Gasteiger partial charge in [-0.1, -0.05) is 24.3 Å². The molecule has 0 aliphatic heterocycles. The molecule has 0 spiro atoms. The van der Waals surface area contributed by atoms with Crippen molar-refractivity contribution in [2.75, 3.05) is 0 Å². The molecule has 1 heterocycles. The van der Waals surface area contributed by atoms with Crippen LogP contribution >= 0.6 is 11.3 Å². The van der Waals surface area contributed by atoms with Crippen LogP contribution in [0.15, 0.2) is 35.7 Å². The third-order valence-corrected chi connectivity index (χ3v) is 4.00. The number of carbonyl (C=O) groups excluding carboxylic acids is 1. The van der Waals surface area contributed by atoms with E-state index in [-0.39, 0.29) is 0 Å². The molecular weight excluding hydrogens is 216 g/mol. The molecule has 0 amide bonds. The Morgan fingerprint density at radius 1 is 1.06 bits per heavy atom. The molecule has 0 saturated carbocycles. The Morgan fingerprint density at radius 2 is 2.00 bits per heavy atom. The maximum Gasteiger partial charge on any atom is 0.137 e. The largest absolute Gasteiger partial charge is 0.299 e. The van der Waals surface area contributed by atoms with E-state index in [1.807, 2.05) is 0 Å². The van der Waals surface area contributed by atoms with Gasteiger partial charge >= 0.3 is 0 Å². The Balaban J connectivity index is 2.14. The topological polar surface area (TPSA) is 17.1 Å². The fourth-order valence-corrected chi connectivity index (χ4v) is 3.10. The minimum Gasteiger partial charge on any atom is -0.299 e. The smallest absolute Gasteiger partial charge is 0.137 e. The predicted molar refractivity (Wildman–Crippen MR) is 66.8 cm³/mol. The van der Waals surface area contributed by atoms with Gasteiger partial charge in [0, 0.05) is 17.7 Å². The summed E-state index contributed by atoms with van der Waals surface area (Å²) in [7, 11) is 0. The van der Waals surface area contributed by atoms with Crippen LogP contribution in [0.2, 0.25) is 0 Å². The number of hydrogen-bond acceptors (Lipinski definition) is 2. The first-order valence-corrected chi connectivity index (χ1v) is 6.39. The summed E-state index contributed by atoms with van der Waals surface area (Å²) < 4.78 is 0. The van der Waals surface area contributed by atoms with Crippen molar-refractivity contribution in [1.82, 2.24) is 0 Å². The molecule has 2 heteroatoms. The molecule has 1 nitrogen and oxygen atoms in total. The van der Waals surface area contributed by atoms with Crippen LogP contribution in [-0.4, -0.2) is 5.78 Å². The van der Waals surface area contributed by atoms with Crippen molar-refractivity contribution in [3.8, 4) is 10.4 Å². The van der Waals surface area contributed by atoms with E-state index in [9.17, 15) is 4.79 Å². The number of rotatable bonds is 1. The van der Waals surface area contributed by atoms with Gasteiger partial charge in [0.15, 0.2) is 0 Å². The average Bonchev–Trinajstić information content (AvgIpc) is 2.81. The zero-order valence-corrected chi connectivity index (χ0v) is 9.72. The molecule has 2 aromatic rings. The summed E-state index contributed by atoms with van der Waals surface area (Å²) in [5.74, 6) is 0.371. The Morgan fingerprint density at radius 3 is 2.81 bits per heavy atom. The quantitative estimate of drug-likeness (QED) is 0.730. The second-order valence-electron chi connectivity index (χ2n) is 4.14. The van der Waals surface area contributed by atoms with Crippen molar-refractivity contribution in [1.29, 1.82) is 0 Å². The average molecular weight is 228 g/mol. The highest BCUT2D eigenvalue weighted by Gasteiger charge is 2.18. The Labute approximate surface area is 98.7 Å². The number of ketones is 1. The summed E-state index contributed by atoms with van der Waals surface area (Å²) in [5.41, 5.74) is 3.92. The maximum atomic E-state index is 11.4. The fourth-order valence-electron chi connectivity index (χ4n) is 2.32. The molecular formula is C14H12OS. The summed E-state index contributed by atoms with van der Waals surface area (Å²) in [6.45, 7) is 0. The molecule has 0 fully saturated rings. The van der Waals surface area contributed by atoms with Gasteiger partial charge < -0.3 is 0 Å². The summed E-state index contributed by atoms with van der Waals surface area (Å²) in [4.78, 5) is 12.7. The van der Waals surface area contributed by atoms with Crippen LogP contribution in [0.1, 0.15) is 17.5 Å². The van der Waals surface area contributed by atoms with E-state index in [2.05, 4.69) is 35.7 Å². The number of hydrogen-bond donors (Lipinski definition) is 0. The van der Waals surface area contributed by atoms with E-state index >= 15 is 0 Å². The predicted octanol–water partition coefficient (Wildman–Crippen LogP) is 3.47. The summed E-state index contributed by atoms with van der Waals surface area (Å²) in [6.07, 6.45) is 2.23. The molecule has 0 atom stereocenters. The van der Waals surface area contributed by atoms with Crippen LogP contribution in [0.4, 0.5) is 0 Å². The SMILES string of the molecule is O=C1CCc2c(cccc2-c2cccs2)C1. The van der Waals surface area contributed by atoms with Crippen molar-refractivity contribution in [2.45, 2.75) is 19.3 Å². The maximum absolute atomic E-state index is 11.4. The summed E-state index contributed by atoms with van der Waals surface area (Å²) in [5, 5.41) is 2.10. The third-order valence-electron chi connectivity index (χ3n) is 3.10. The van der Waals surface area contributed by atoms with Gasteiger partial charge in [-0.3, -0.25) is 4.79 Å². The van der Waals surface area contributed by atoms with Crippen LogP contribution in [0.25, 0.3) is 10.4 Å². The number of Topliss-reactive ketones (excluding diaryl/α,β-unsaturated/α-hetero) is 1. The molecule has 0 radical (unpaired) electrons. The van der Waals surface area contributed by atoms with Gasteiger partial charge in [-0.15, -0.1) is 11.3 Å². The lowest BCUT2D eigenvalue weighted by molar-refractivity contribution is -0.118. The van der Waals surface area contributed by atoms with Gasteiger partial charge in [0.25, 0.3) is 0 Å². The van der Waals surface area contributed by atoms with Gasteiger partial charge in [-0.05, 0) is 34.6 Å². The van der Waals surface area contributed by atoms with Crippen LogP contribution in [0.5, 0.6) is 0 Å². The minimum atomic E-state index is 0.371. The van der Waals surface area contributed by atoms with Gasteiger partial charge in [0.1, 0.15) is 5.78 Å². The first-order chi connectivity index (χ1) is 7.84. The van der Waals surface area contributed by atoms with E-state index < -0.39 is 0 Å². The number of fused-ring (bicyclic) bond motifs is 1. The van der Waals surface area contributed by atoms with Crippen molar-refractivity contribution < 1.29 is 4.79 Å². The van der Waals surface area contributed by atoms with E-state index in [1.54, 1.807) is 11.3 Å². The highest BCUT2D eigenvalue weighted by Crippen LogP contribution is 2.33. The number of thiophene rings is 1. The molecule has 0 bridgehead atoms. The lowest BCUT2D eigenvalue weighted by Gasteiger charge is -2.17. The standard InChI is InChI=1S/C14H12OS/c15-11-6-7-12-10(9-11)3-1-4-13(12)14-5-2-8-16-14/h1-5,8H,6-7,9H2. The van der Waals surface area contributed by atoms with Crippen molar-refractivity contribution in [3.63, 3.8) is 0 Å². The molecule has 16 heavy (non-hydrogen) atoms. The second-order valence-corrected chi connectivity index (χ2v) is 5.08. The van der Waals surface area contributed by atoms with Crippen LogP contribution < -0.4 is 0 Å². The first kappa shape index (κ1) is 9.79. The fraction of sp³-hybridized carbons (Fsp3) is 0.214. The Hall–Kier alpha value is -1.41. The van der Waals surface area contributed by atoms with Crippen LogP contribution in [-0.2, 0) is 17.6 Å². The molecule has 3 rings (SSSR count). The Kier molecular flexibility index (Phi) is 2.37. The second kappa shape index (κ2) is 3.87. The zero-order chi connectivity index (χ0) is 11.0. The van der Waals surface area contributed by atoms with Gasteiger partial charge in [-0.25, -0.2) is 0 Å². The molecule has 0 N–H and O–H groups in total. The van der Waals surface area contributed by atoms with Gasteiger partial charge in [-0.2, -0.15) is 0 Å². The molecule has 80 valence electrons. The Bertz CT molecular complexity index is 526. The lowest BCUT2D eigenvalue weighted by Crippen LogP contribution is -2.13. The normalized spacial score (nSPS) is 14.9. The van der Waals surface area contributed by atoms with E-state index in [0.29, 0.717) is 18.6 Å². The molecule has 1 aromatic carbocycles. The highest BCUT2D eigenvalue weighted by atomic mass is 32.1. The molecule has 0 saturated heterocycles. The highest BCUT2D eigenvalue weighted by molar-refractivity contribution is 7.13. The van der Waals surface area contributed by atoms with E-state index in [1.165, 1.54) is 21.6 Å². The van der Waals surface area contributed by atoms with E-state index in [4.69, 9.17) is 0 Å². The minimum absolute atomic E-state index is 0.371. The van der Waals surface area contributed by atoms with Crippen molar-refractivity contribution in [2.24, 2.45) is 0 Å². The molecule has 1 aliphatic rings. The van der Waals surface area contributed by atoms with E-state index in [0.717, 1.165) is 6.42 Å². The van der Waals surface area contributed by atoms with Crippen molar-refractivity contribution in [3.05, 3.63) is 46.8 Å². The van der Waals surface area contributed by atoms with Crippen LogP contribution in [0.3, 0.4) is 0 Å². The number of carbonyl (C=O) groups is 1. The molecule has 0 unspecified atom stereocenters. The van der Waals surface area contributed by atoms with Gasteiger partial charge in [0.2, 0.25) is 0 Å². The molecule has 1 aromatic heterocycles. The first-order valence-electron chi connectivity index (χ1n) is 5.51. The zero-order valence-electron chi connectivity index (χ0n) is 8.90. The summed E-state index contributed by atoms with van der Waals surface area (Å²) >= 11 is 1.76. The summed E-state index contributed by atoms with van der Waals surface area (Å²) in [6, 6.07) is 10.5. The third kappa shape index (κ3) is 1.59. The number of benzene rings is 1. The molecule has 1 aliphatic carbocycles. The van der Waals surface area contributed by atoms with Crippen LogP contribution in [0, 0.1) is 0 Å². The van der Waals surface area contributed by atoms with Gasteiger partial charge in [0.05, 0.1) is 0 Å². The van der Waals surface area contributed by atoms with Crippen molar-refractivity contribution >= 4 is 17.1 Å². The lowest BCUT2D eigenvalue weighted by atomic mass is 9.87. The monoisotopic (exact) mass is 228 g/mol.